The topological polar surface area (TPSA) is 35.5 Å². The van der Waals surface area contributed by atoms with E-state index < -0.39 is 0 Å². The Balaban J connectivity index is 2.23. The molecule has 3 nitrogen and oxygen atoms in total. The number of fused-ring (bicyclic) bond motifs is 2. The first-order valence-electron chi connectivity index (χ1n) is 8.35. The van der Waals surface area contributed by atoms with E-state index in [4.69, 9.17) is 9.47 Å². The van der Waals surface area contributed by atoms with E-state index in [2.05, 4.69) is 33.8 Å². The molecule has 0 aromatic rings. The minimum atomic E-state index is -0.195. The number of allylic oxidation sites excluding steroid dienone is 1. The fourth-order valence-electron chi connectivity index (χ4n) is 4.29. The van der Waals surface area contributed by atoms with Gasteiger partial charge >= 0.3 is 5.97 Å². The number of rotatable bonds is 5. The van der Waals surface area contributed by atoms with E-state index in [0.29, 0.717) is 37.1 Å². The van der Waals surface area contributed by atoms with Gasteiger partial charge in [-0.2, -0.15) is 0 Å². The summed E-state index contributed by atoms with van der Waals surface area (Å²) in [5.74, 6) is 1.15. The molecule has 1 aliphatic heterocycles. The molecular weight excluding hydrogens is 264 g/mol. The molecule has 21 heavy (non-hydrogen) atoms. The van der Waals surface area contributed by atoms with Crippen LogP contribution < -0.4 is 0 Å². The zero-order valence-corrected chi connectivity index (χ0v) is 14.1. The van der Waals surface area contributed by atoms with Crippen molar-refractivity contribution in [1.29, 1.82) is 0 Å². The van der Waals surface area contributed by atoms with Gasteiger partial charge in [0.05, 0.1) is 19.3 Å². The second kappa shape index (κ2) is 6.51. The van der Waals surface area contributed by atoms with Crippen LogP contribution in [0.3, 0.4) is 0 Å². The molecular formula is C18H30O3. The van der Waals surface area contributed by atoms with Gasteiger partial charge in [0.2, 0.25) is 0 Å². The largest absolute Gasteiger partial charge is 0.465 e. The molecule has 0 spiro atoms. The maximum absolute atomic E-state index is 11.2. The van der Waals surface area contributed by atoms with Crippen molar-refractivity contribution in [2.45, 2.75) is 60.0 Å². The van der Waals surface area contributed by atoms with E-state index in [1.54, 1.807) is 0 Å². The highest BCUT2D eigenvalue weighted by atomic mass is 16.5. The van der Waals surface area contributed by atoms with Gasteiger partial charge in [-0.05, 0) is 25.2 Å². The van der Waals surface area contributed by atoms with Gasteiger partial charge in [-0.3, -0.25) is 4.79 Å². The zero-order valence-electron chi connectivity index (χ0n) is 14.1. The molecule has 0 unspecified atom stereocenters. The number of hydrogen-bond donors (Lipinski definition) is 0. The molecule has 1 saturated heterocycles. The van der Waals surface area contributed by atoms with Crippen LogP contribution in [0.15, 0.2) is 11.6 Å². The summed E-state index contributed by atoms with van der Waals surface area (Å²) >= 11 is 0. The highest BCUT2D eigenvalue weighted by molar-refractivity contribution is 5.65. The zero-order chi connectivity index (χ0) is 15.6. The van der Waals surface area contributed by atoms with Crippen molar-refractivity contribution in [2.24, 2.45) is 23.2 Å². The lowest BCUT2D eigenvalue weighted by molar-refractivity contribution is -0.180. The van der Waals surface area contributed by atoms with Crippen molar-refractivity contribution in [3.05, 3.63) is 11.6 Å². The monoisotopic (exact) mass is 294 g/mol. The summed E-state index contributed by atoms with van der Waals surface area (Å²) in [7, 11) is 0. The van der Waals surface area contributed by atoms with Crippen LogP contribution in [0.25, 0.3) is 0 Å². The van der Waals surface area contributed by atoms with Gasteiger partial charge in [0.25, 0.3) is 0 Å². The van der Waals surface area contributed by atoms with Gasteiger partial charge in [-0.1, -0.05) is 45.3 Å². The van der Waals surface area contributed by atoms with Crippen LogP contribution in [0, 0.1) is 23.2 Å². The first kappa shape index (κ1) is 16.5. The SMILES string of the molecule is CCCC[C@H]1OC[C@]2(COC(C)=O)[C@H](C)C=C(C)[C@@H]1[C@H]2C. The molecule has 120 valence electrons. The minimum Gasteiger partial charge on any atom is -0.465 e. The Morgan fingerprint density at radius 2 is 2.19 bits per heavy atom. The Morgan fingerprint density at radius 3 is 2.81 bits per heavy atom. The molecule has 0 amide bonds. The lowest BCUT2D eigenvalue weighted by Crippen LogP contribution is -2.56. The average Bonchev–Trinajstić information content (AvgIpc) is 2.42. The molecule has 2 aliphatic rings. The smallest absolute Gasteiger partial charge is 0.302 e. The third-order valence-corrected chi connectivity index (χ3v) is 5.74. The summed E-state index contributed by atoms with van der Waals surface area (Å²) in [5.41, 5.74) is 1.40. The van der Waals surface area contributed by atoms with Gasteiger partial charge in [0.15, 0.2) is 0 Å². The van der Waals surface area contributed by atoms with Gasteiger partial charge in [0, 0.05) is 18.3 Å². The summed E-state index contributed by atoms with van der Waals surface area (Å²) in [5, 5.41) is 0. The van der Waals surface area contributed by atoms with E-state index in [1.165, 1.54) is 25.3 Å². The highest BCUT2D eigenvalue weighted by Gasteiger charge is 2.53. The van der Waals surface area contributed by atoms with Crippen LogP contribution in [0.2, 0.25) is 0 Å². The first-order chi connectivity index (χ1) is 9.92. The molecule has 0 radical (unpaired) electrons. The lowest BCUT2D eigenvalue weighted by Gasteiger charge is -2.55. The molecule has 0 aromatic heterocycles. The van der Waals surface area contributed by atoms with Crippen molar-refractivity contribution in [2.75, 3.05) is 13.2 Å². The van der Waals surface area contributed by atoms with E-state index in [9.17, 15) is 4.79 Å². The molecule has 2 rings (SSSR count). The third kappa shape index (κ3) is 3.03. The minimum absolute atomic E-state index is 0.0570. The number of carbonyl (C=O) groups excluding carboxylic acids is 1. The van der Waals surface area contributed by atoms with Crippen molar-refractivity contribution < 1.29 is 14.3 Å². The Morgan fingerprint density at radius 1 is 1.48 bits per heavy atom. The van der Waals surface area contributed by atoms with Crippen LogP contribution in [0.1, 0.15) is 53.9 Å². The summed E-state index contributed by atoms with van der Waals surface area (Å²) in [6.07, 6.45) is 6.27. The normalized spacial score (nSPS) is 38.8. The maximum atomic E-state index is 11.2. The molecule has 0 aromatic carbocycles. The van der Waals surface area contributed by atoms with Crippen LogP contribution in [0.4, 0.5) is 0 Å². The standard InChI is InChI=1S/C18H30O3/c1-6-7-8-16-17-12(2)9-13(3)18(11-21-16,14(17)4)10-20-15(5)19/h9,13-14,16-17H,6-8,10-11H2,1-5H3/t13-,14-,16-,17-,18-/m1/s1. The Kier molecular flexibility index (Phi) is 5.13. The predicted octanol–water partition coefficient (Wildman–Crippen LogP) is 3.97. The van der Waals surface area contributed by atoms with Gasteiger partial charge in [0.1, 0.15) is 0 Å². The first-order valence-corrected chi connectivity index (χ1v) is 8.35. The number of esters is 1. The average molecular weight is 294 g/mol. The fourth-order valence-corrected chi connectivity index (χ4v) is 4.29. The number of unbranched alkanes of at least 4 members (excludes halogenated alkanes) is 1. The molecule has 5 atom stereocenters. The Bertz CT molecular complexity index is 415. The quantitative estimate of drug-likeness (QED) is 0.568. The second-order valence-corrected chi connectivity index (χ2v) is 7.02. The number of hydrogen-bond acceptors (Lipinski definition) is 3. The van der Waals surface area contributed by atoms with Crippen molar-refractivity contribution in [1.82, 2.24) is 0 Å². The van der Waals surface area contributed by atoms with Crippen LogP contribution in [-0.4, -0.2) is 25.3 Å². The van der Waals surface area contributed by atoms with Crippen molar-refractivity contribution in [3.63, 3.8) is 0 Å². The van der Waals surface area contributed by atoms with Crippen LogP contribution >= 0.6 is 0 Å². The summed E-state index contributed by atoms with van der Waals surface area (Å²) in [6.45, 7) is 11.7. The van der Waals surface area contributed by atoms with E-state index in [0.717, 1.165) is 6.42 Å². The Hall–Kier alpha value is -0.830. The fraction of sp³-hybridized carbons (Fsp3) is 0.833. The molecule has 1 heterocycles. The highest BCUT2D eigenvalue weighted by Crippen LogP contribution is 2.53. The third-order valence-electron chi connectivity index (χ3n) is 5.74. The van der Waals surface area contributed by atoms with E-state index >= 15 is 0 Å². The van der Waals surface area contributed by atoms with Crippen LogP contribution in [-0.2, 0) is 14.3 Å². The van der Waals surface area contributed by atoms with Crippen molar-refractivity contribution in [3.8, 4) is 0 Å². The van der Waals surface area contributed by atoms with E-state index in [-0.39, 0.29) is 11.4 Å². The van der Waals surface area contributed by atoms with Gasteiger partial charge < -0.3 is 9.47 Å². The lowest BCUT2D eigenvalue weighted by atomic mass is 9.56. The Labute approximate surface area is 129 Å². The molecule has 1 aliphatic carbocycles. The summed E-state index contributed by atoms with van der Waals surface area (Å²) < 4.78 is 11.7. The second-order valence-electron chi connectivity index (χ2n) is 7.02. The number of ether oxygens (including phenoxy) is 2. The maximum Gasteiger partial charge on any atom is 0.302 e. The number of carbonyl (C=O) groups is 1. The molecule has 0 N–H and O–H groups in total. The van der Waals surface area contributed by atoms with Crippen LogP contribution in [0.5, 0.6) is 0 Å². The molecule has 1 fully saturated rings. The summed E-state index contributed by atoms with van der Waals surface area (Å²) in [6, 6.07) is 0. The van der Waals surface area contributed by atoms with Gasteiger partial charge in [-0.25, -0.2) is 0 Å². The molecule has 0 saturated carbocycles. The summed E-state index contributed by atoms with van der Waals surface area (Å²) in [4.78, 5) is 11.2. The van der Waals surface area contributed by atoms with Gasteiger partial charge in [-0.15, -0.1) is 0 Å². The van der Waals surface area contributed by atoms with E-state index in [1.807, 2.05) is 0 Å². The molecule has 2 bridgehead atoms. The predicted molar refractivity (Wildman–Crippen MR) is 83.9 cm³/mol. The van der Waals surface area contributed by atoms with Crippen molar-refractivity contribution >= 4 is 5.97 Å². The molecule has 3 heteroatoms.